The minimum Gasteiger partial charge on any atom is -0.372 e. The van der Waals surface area contributed by atoms with Gasteiger partial charge in [-0.1, -0.05) is 35.3 Å². The van der Waals surface area contributed by atoms with E-state index in [0.717, 1.165) is 54.0 Å². The van der Waals surface area contributed by atoms with Gasteiger partial charge >= 0.3 is 0 Å². The molecule has 1 aromatic heterocycles. The molecule has 0 aliphatic carbocycles. The van der Waals surface area contributed by atoms with Crippen LogP contribution in [0.3, 0.4) is 0 Å². The third-order valence-corrected chi connectivity index (χ3v) is 6.17. The number of halogens is 3. The topological polar surface area (TPSA) is 66.4 Å². The van der Waals surface area contributed by atoms with Crippen LogP contribution < -0.4 is 10.6 Å². The van der Waals surface area contributed by atoms with Crippen molar-refractivity contribution in [2.45, 2.75) is 26.3 Å². The molecule has 170 valence electrons. The Bertz CT molecular complexity index is 1230. The maximum Gasteiger partial charge on any atom is 0.251 e. The van der Waals surface area contributed by atoms with Crippen LogP contribution in [-0.4, -0.2) is 29.8 Å². The monoisotopic (exact) mass is 484 g/mol. The van der Waals surface area contributed by atoms with Crippen molar-refractivity contribution < 1.29 is 9.18 Å². The van der Waals surface area contributed by atoms with Gasteiger partial charge < -0.3 is 10.6 Å². The summed E-state index contributed by atoms with van der Waals surface area (Å²) in [6.45, 7) is 3.63. The lowest BCUT2D eigenvalue weighted by molar-refractivity contribution is 0.0951. The number of aliphatic imine (C=N–C) groups is 1. The molecule has 0 bridgehead atoms. The van der Waals surface area contributed by atoms with Crippen LogP contribution in [0.5, 0.6) is 0 Å². The average molecular weight is 485 g/mol. The smallest absolute Gasteiger partial charge is 0.251 e. The zero-order chi connectivity index (χ0) is 23.4. The average Bonchev–Trinajstić information content (AvgIpc) is 3.33. The van der Waals surface area contributed by atoms with E-state index in [1.165, 1.54) is 6.20 Å². The zero-order valence-electron chi connectivity index (χ0n) is 18.1. The summed E-state index contributed by atoms with van der Waals surface area (Å²) in [7, 11) is 0. The number of nitrogens with one attached hydrogen (secondary N) is 2. The second-order valence-electron chi connectivity index (χ2n) is 7.94. The molecule has 0 atom stereocenters. The molecule has 1 amide bonds. The second-order valence-corrected chi connectivity index (χ2v) is 8.75. The van der Waals surface area contributed by atoms with Gasteiger partial charge in [0.15, 0.2) is 0 Å². The van der Waals surface area contributed by atoms with Crippen molar-refractivity contribution in [3.63, 3.8) is 0 Å². The number of aromatic nitrogens is 1. The maximum absolute atomic E-state index is 13.7. The fraction of sp³-hybridized carbons (Fsp3) is 0.240. The third kappa shape index (κ3) is 5.89. The molecular weight excluding hydrogens is 462 g/mol. The van der Waals surface area contributed by atoms with Crippen LogP contribution in [0.1, 0.15) is 33.5 Å². The number of rotatable bonds is 7. The number of carbonyl (C=O) groups is 1. The number of nitrogens with zero attached hydrogens (tertiary/aromatic N) is 2. The number of hydrogen-bond acceptors (Lipinski definition) is 4. The van der Waals surface area contributed by atoms with Gasteiger partial charge in [0.25, 0.3) is 5.91 Å². The van der Waals surface area contributed by atoms with Crippen LogP contribution in [0.15, 0.2) is 53.7 Å². The molecule has 5 nitrogen and oxygen atoms in total. The molecule has 0 radical (unpaired) electrons. The van der Waals surface area contributed by atoms with Crippen molar-refractivity contribution in [3.8, 4) is 11.1 Å². The summed E-state index contributed by atoms with van der Waals surface area (Å²) in [5.41, 5.74) is 4.37. The molecule has 2 N–H and O–H groups in total. The van der Waals surface area contributed by atoms with E-state index in [0.29, 0.717) is 27.7 Å². The summed E-state index contributed by atoms with van der Waals surface area (Å²) in [5, 5.41) is 7.11. The van der Waals surface area contributed by atoms with E-state index in [1.807, 2.05) is 18.2 Å². The molecule has 0 saturated carbocycles. The molecular formula is C25H23Cl2FN4O. The number of aryl methyl sites for hydroxylation is 2. The molecule has 0 saturated heterocycles. The minimum atomic E-state index is -0.500. The Kier molecular flexibility index (Phi) is 7.26. The van der Waals surface area contributed by atoms with Crippen LogP contribution in [0.4, 0.5) is 4.39 Å². The molecule has 2 heterocycles. The molecule has 1 aliphatic rings. The predicted octanol–water partition coefficient (Wildman–Crippen LogP) is 5.37. The first kappa shape index (κ1) is 23.2. The summed E-state index contributed by atoms with van der Waals surface area (Å²) >= 11 is 12.0. The molecule has 3 aromatic rings. The highest BCUT2D eigenvalue weighted by Crippen LogP contribution is 2.25. The fourth-order valence-corrected chi connectivity index (χ4v) is 3.98. The van der Waals surface area contributed by atoms with Gasteiger partial charge in [-0.2, -0.15) is 4.39 Å². The SMILES string of the molecule is Cc1cc(-c2cc(CCC3=NCCN3)cc(C(=O)NCc3ccc(Cl)c(Cl)c3)c2)cnc1F. The lowest BCUT2D eigenvalue weighted by Gasteiger charge is -2.12. The molecule has 4 rings (SSSR count). The van der Waals surface area contributed by atoms with Gasteiger partial charge in [0.05, 0.1) is 22.4 Å². The van der Waals surface area contributed by atoms with Gasteiger partial charge in [-0.15, -0.1) is 0 Å². The van der Waals surface area contributed by atoms with Crippen LogP contribution in [0.25, 0.3) is 11.1 Å². The molecule has 33 heavy (non-hydrogen) atoms. The summed E-state index contributed by atoms with van der Waals surface area (Å²) in [6.07, 6.45) is 2.97. The predicted molar refractivity (Wildman–Crippen MR) is 131 cm³/mol. The normalized spacial score (nSPS) is 12.9. The van der Waals surface area contributed by atoms with Gasteiger partial charge in [-0.3, -0.25) is 9.79 Å². The Balaban J connectivity index is 1.58. The first-order chi connectivity index (χ1) is 15.9. The van der Waals surface area contributed by atoms with Crippen molar-refractivity contribution in [1.29, 1.82) is 0 Å². The molecule has 2 aromatic carbocycles. The Hall–Kier alpha value is -2.96. The van der Waals surface area contributed by atoms with Crippen molar-refractivity contribution in [1.82, 2.24) is 15.6 Å². The highest BCUT2D eigenvalue weighted by atomic mass is 35.5. The standard InChI is InChI=1S/C25H23Cl2FN4O/c1-15-8-20(14-31-24(15)28)18-9-16(3-5-23-29-6-7-30-23)10-19(12-18)25(33)32-13-17-2-4-21(26)22(27)11-17/h2,4,8-12,14H,3,5-7,13H2,1H3,(H,29,30)(H,32,33). The van der Waals surface area contributed by atoms with E-state index in [4.69, 9.17) is 23.2 Å². The highest BCUT2D eigenvalue weighted by molar-refractivity contribution is 6.42. The molecule has 8 heteroatoms. The number of hydrogen-bond donors (Lipinski definition) is 2. The van der Waals surface area contributed by atoms with Crippen molar-refractivity contribution in [3.05, 3.63) is 86.9 Å². The lowest BCUT2D eigenvalue weighted by atomic mass is 9.97. The maximum atomic E-state index is 13.7. The van der Waals surface area contributed by atoms with E-state index in [9.17, 15) is 9.18 Å². The van der Waals surface area contributed by atoms with Crippen LogP contribution >= 0.6 is 23.2 Å². The van der Waals surface area contributed by atoms with Crippen LogP contribution in [-0.2, 0) is 13.0 Å². The highest BCUT2D eigenvalue weighted by Gasteiger charge is 2.13. The quantitative estimate of drug-likeness (QED) is 0.443. The number of pyridine rings is 1. The Morgan fingerprint density at radius 1 is 1.06 bits per heavy atom. The number of amides is 1. The van der Waals surface area contributed by atoms with E-state index < -0.39 is 5.95 Å². The Labute approximate surface area is 202 Å². The molecule has 0 fully saturated rings. The Morgan fingerprint density at radius 3 is 2.64 bits per heavy atom. The first-order valence-electron chi connectivity index (χ1n) is 10.6. The van der Waals surface area contributed by atoms with E-state index >= 15 is 0 Å². The van der Waals surface area contributed by atoms with Gasteiger partial charge in [0.1, 0.15) is 0 Å². The summed E-state index contributed by atoms with van der Waals surface area (Å²) in [6, 6.07) is 12.7. The summed E-state index contributed by atoms with van der Waals surface area (Å²) in [4.78, 5) is 21.3. The minimum absolute atomic E-state index is 0.215. The molecule has 0 unspecified atom stereocenters. The number of carbonyl (C=O) groups excluding carboxylic acids is 1. The van der Waals surface area contributed by atoms with Gasteiger partial charge in [-0.25, -0.2) is 4.98 Å². The van der Waals surface area contributed by atoms with Crippen molar-refractivity contribution >= 4 is 34.9 Å². The summed E-state index contributed by atoms with van der Waals surface area (Å²) < 4.78 is 13.7. The van der Waals surface area contributed by atoms with Gasteiger partial charge in [0, 0.05) is 42.4 Å². The number of amidine groups is 1. The van der Waals surface area contributed by atoms with Crippen LogP contribution in [0, 0.1) is 12.9 Å². The van der Waals surface area contributed by atoms with E-state index in [2.05, 4.69) is 20.6 Å². The molecule has 0 spiro atoms. The van der Waals surface area contributed by atoms with E-state index in [1.54, 1.807) is 31.2 Å². The fourth-order valence-electron chi connectivity index (χ4n) is 3.66. The molecule has 1 aliphatic heterocycles. The second kappa shape index (κ2) is 10.3. The third-order valence-electron chi connectivity index (χ3n) is 5.43. The van der Waals surface area contributed by atoms with Gasteiger partial charge in [0.2, 0.25) is 5.95 Å². The lowest BCUT2D eigenvalue weighted by Crippen LogP contribution is -2.23. The largest absolute Gasteiger partial charge is 0.372 e. The summed E-state index contributed by atoms with van der Waals surface area (Å²) in [5.74, 6) is 0.262. The van der Waals surface area contributed by atoms with Crippen molar-refractivity contribution in [2.24, 2.45) is 4.99 Å². The number of benzene rings is 2. The van der Waals surface area contributed by atoms with Gasteiger partial charge in [-0.05, 0) is 60.4 Å². The Morgan fingerprint density at radius 2 is 1.91 bits per heavy atom. The van der Waals surface area contributed by atoms with Crippen LogP contribution in [0.2, 0.25) is 10.0 Å². The zero-order valence-corrected chi connectivity index (χ0v) is 19.6. The van der Waals surface area contributed by atoms with E-state index in [-0.39, 0.29) is 5.91 Å². The first-order valence-corrected chi connectivity index (χ1v) is 11.4. The van der Waals surface area contributed by atoms with Crippen molar-refractivity contribution in [2.75, 3.05) is 13.1 Å².